The summed E-state index contributed by atoms with van der Waals surface area (Å²) in [6.45, 7) is 3.84. The summed E-state index contributed by atoms with van der Waals surface area (Å²) >= 11 is 0. The Hall–Kier alpha value is -0.300. The largest absolute Gasteiger partial charge is 0.308 e. The van der Waals surface area contributed by atoms with E-state index in [0.29, 0.717) is 6.04 Å². The predicted octanol–water partition coefficient (Wildman–Crippen LogP) is 1.70. The van der Waals surface area contributed by atoms with Crippen molar-refractivity contribution in [2.45, 2.75) is 37.8 Å². The summed E-state index contributed by atoms with van der Waals surface area (Å²) in [5, 5.41) is 3.58. The molecule has 1 N–H and O–H groups in total. The first-order valence-electron chi connectivity index (χ1n) is 4.29. The molecular weight excluding hydrogens is 122 g/mol. The topological polar surface area (TPSA) is 12.0 Å². The third kappa shape index (κ3) is 0.891. The lowest BCUT2D eigenvalue weighted by molar-refractivity contribution is 0.175. The third-order valence-corrected chi connectivity index (χ3v) is 2.96. The Morgan fingerprint density at radius 3 is 2.20 bits per heavy atom. The molecule has 3 fully saturated rings. The Bertz CT molecular complexity index is 134. The molecule has 1 aliphatic carbocycles. The van der Waals surface area contributed by atoms with E-state index < -0.39 is 0 Å². The molecule has 1 nitrogen and oxygen atoms in total. The van der Waals surface area contributed by atoms with Gasteiger partial charge in [-0.1, -0.05) is 6.08 Å². The van der Waals surface area contributed by atoms with E-state index in [2.05, 4.69) is 18.0 Å². The highest BCUT2D eigenvalue weighted by Gasteiger charge is 2.32. The van der Waals surface area contributed by atoms with E-state index in [9.17, 15) is 0 Å². The minimum atomic E-state index is 0.632. The molecule has 2 saturated heterocycles. The summed E-state index contributed by atoms with van der Waals surface area (Å²) < 4.78 is 0. The molecule has 2 bridgehead atoms. The number of nitrogens with one attached hydrogen (secondary N) is 1. The summed E-state index contributed by atoms with van der Waals surface area (Å²) in [7, 11) is 0. The van der Waals surface area contributed by atoms with Crippen LogP contribution in [0, 0.1) is 5.92 Å². The fourth-order valence-electron chi connectivity index (χ4n) is 2.31. The zero-order valence-corrected chi connectivity index (χ0v) is 6.34. The van der Waals surface area contributed by atoms with Gasteiger partial charge in [-0.15, -0.1) is 6.58 Å². The average molecular weight is 137 g/mol. The molecule has 0 spiro atoms. The van der Waals surface area contributed by atoms with E-state index in [0.717, 1.165) is 12.0 Å². The number of piperidine rings is 2. The van der Waals surface area contributed by atoms with Crippen LogP contribution < -0.4 is 5.32 Å². The number of hydrogen-bond donors (Lipinski definition) is 1. The Morgan fingerprint density at radius 2 is 1.90 bits per heavy atom. The van der Waals surface area contributed by atoms with Crippen molar-refractivity contribution in [1.29, 1.82) is 0 Å². The second-order valence-electron chi connectivity index (χ2n) is 3.54. The van der Waals surface area contributed by atoms with Gasteiger partial charge in [0, 0.05) is 12.1 Å². The van der Waals surface area contributed by atoms with Gasteiger partial charge in [0.2, 0.25) is 0 Å². The zero-order chi connectivity index (χ0) is 6.97. The van der Waals surface area contributed by atoms with Gasteiger partial charge in [-0.2, -0.15) is 0 Å². The molecule has 0 aromatic carbocycles. The van der Waals surface area contributed by atoms with E-state index in [4.69, 9.17) is 0 Å². The molecule has 0 radical (unpaired) electrons. The van der Waals surface area contributed by atoms with E-state index in [-0.39, 0.29) is 0 Å². The molecule has 3 rings (SSSR count). The smallest absolute Gasteiger partial charge is 0.0278 e. The third-order valence-electron chi connectivity index (χ3n) is 2.96. The van der Waals surface area contributed by atoms with Crippen molar-refractivity contribution in [2.24, 2.45) is 5.92 Å². The van der Waals surface area contributed by atoms with Gasteiger partial charge in [-0.25, -0.2) is 0 Å². The predicted molar refractivity (Wildman–Crippen MR) is 42.9 cm³/mol. The molecule has 0 aromatic heterocycles. The quantitative estimate of drug-likeness (QED) is 0.542. The molecule has 1 unspecified atom stereocenters. The average Bonchev–Trinajstić information content (AvgIpc) is 2.06. The van der Waals surface area contributed by atoms with E-state index >= 15 is 0 Å². The summed E-state index contributed by atoms with van der Waals surface area (Å²) in [4.78, 5) is 0. The maximum absolute atomic E-state index is 3.84. The molecule has 3 aliphatic rings. The molecule has 1 saturated carbocycles. The first-order chi connectivity index (χ1) is 4.90. The second kappa shape index (κ2) is 2.39. The van der Waals surface area contributed by atoms with E-state index in [1.807, 2.05) is 0 Å². The highest BCUT2D eigenvalue weighted by atomic mass is 15.0. The first-order valence-corrected chi connectivity index (χ1v) is 4.29. The van der Waals surface area contributed by atoms with Gasteiger partial charge in [-0.3, -0.25) is 0 Å². The van der Waals surface area contributed by atoms with Gasteiger partial charge in [0.15, 0.2) is 0 Å². The van der Waals surface area contributed by atoms with Crippen molar-refractivity contribution in [1.82, 2.24) is 5.32 Å². The Kier molecular flexibility index (Phi) is 1.53. The Morgan fingerprint density at radius 1 is 1.20 bits per heavy atom. The fraction of sp³-hybridized carbons (Fsp3) is 0.778. The SMILES string of the molecule is C=CC1NC2CCC1CC2. The highest BCUT2D eigenvalue weighted by Crippen LogP contribution is 2.32. The number of rotatable bonds is 1. The number of hydrogen-bond acceptors (Lipinski definition) is 1. The molecular formula is C9H15N. The molecule has 56 valence electrons. The van der Waals surface area contributed by atoms with Crippen molar-refractivity contribution in [3.63, 3.8) is 0 Å². The van der Waals surface area contributed by atoms with Crippen LogP contribution in [0.25, 0.3) is 0 Å². The molecule has 2 aliphatic heterocycles. The van der Waals surface area contributed by atoms with Gasteiger partial charge in [0.05, 0.1) is 0 Å². The normalized spacial score (nSPS) is 45.4. The minimum Gasteiger partial charge on any atom is -0.308 e. The van der Waals surface area contributed by atoms with Crippen LogP contribution in [0.1, 0.15) is 25.7 Å². The van der Waals surface area contributed by atoms with Crippen molar-refractivity contribution < 1.29 is 0 Å². The van der Waals surface area contributed by atoms with Gasteiger partial charge < -0.3 is 5.32 Å². The van der Waals surface area contributed by atoms with Crippen LogP contribution in [0.15, 0.2) is 12.7 Å². The fourth-order valence-corrected chi connectivity index (χ4v) is 2.31. The zero-order valence-electron chi connectivity index (χ0n) is 6.34. The molecule has 1 heteroatoms. The standard InChI is InChI=1S/C9H15N/c1-2-9-7-3-5-8(10-9)6-4-7/h2,7-10H,1,3-6H2. The molecule has 1 atom stereocenters. The van der Waals surface area contributed by atoms with Crippen molar-refractivity contribution in [3.05, 3.63) is 12.7 Å². The Balaban J connectivity index is 2.07. The maximum atomic E-state index is 3.84. The summed E-state index contributed by atoms with van der Waals surface area (Å²) in [6.07, 6.45) is 7.72. The van der Waals surface area contributed by atoms with Crippen LogP contribution in [0.5, 0.6) is 0 Å². The van der Waals surface area contributed by atoms with Gasteiger partial charge in [0.25, 0.3) is 0 Å². The number of fused-ring (bicyclic) bond motifs is 3. The van der Waals surface area contributed by atoms with Gasteiger partial charge in [0.1, 0.15) is 0 Å². The van der Waals surface area contributed by atoms with Gasteiger partial charge >= 0.3 is 0 Å². The highest BCUT2D eigenvalue weighted by molar-refractivity contribution is 5.00. The second-order valence-corrected chi connectivity index (χ2v) is 3.54. The lowest BCUT2D eigenvalue weighted by Gasteiger charge is -2.42. The van der Waals surface area contributed by atoms with Crippen LogP contribution in [0.3, 0.4) is 0 Å². The van der Waals surface area contributed by atoms with Crippen molar-refractivity contribution in [2.75, 3.05) is 0 Å². The maximum Gasteiger partial charge on any atom is 0.0278 e. The minimum absolute atomic E-state index is 0.632. The van der Waals surface area contributed by atoms with Crippen molar-refractivity contribution >= 4 is 0 Å². The van der Waals surface area contributed by atoms with Crippen LogP contribution in [-0.2, 0) is 0 Å². The van der Waals surface area contributed by atoms with E-state index in [1.165, 1.54) is 25.7 Å². The lowest BCUT2D eigenvalue weighted by atomic mass is 9.76. The van der Waals surface area contributed by atoms with Crippen LogP contribution in [-0.4, -0.2) is 12.1 Å². The lowest BCUT2D eigenvalue weighted by Crippen LogP contribution is -2.51. The van der Waals surface area contributed by atoms with Crippen LogP contribution in [0.2, 0.25) is 0 Å². The summed E-state index contributed by atoms with van der Waals surface area (Å²) in [5.41, 5.74) is 0. The molecule has 10 heavy (non-hydrogen) atoms. The summed E-state index contributed by atoms with van der Waals surface area (Å²) in [6, 6.07) is 1.44. The molecule has 0 aromatic rings. The van der Waals surface area contributed by atoms with Crippen molar-refractivity contribution in [3.8, 4) is 0 Å². The van der Waals surface area contributed by atoms with Crippen LogP contribution >= 0.6 is 0 Å². The Labute approximate surface area is 62.5 Å². The first kappa shape index (κ1) is 6.41. The molecule has 0 amide bonds. The monoisotopic (exact) mass is 137 g/mol. The van der Waals surface area contributed by atoms with E-state index in [1.54, 1.807) is 0 Å². The molecule has 2 heterocycles. The summed E-state index contributed by atoms with van der Waals surface area (Å²) in [5.74, 6) is 0.905. The van der Waals surface area contributed by atoms with Crippen LogP contribution in [0.4, 0.5) is 0 Å². The van der Waals surface area contributed by atoms with Gasteiger partial charge in [-0.05, 0) is 31.6 Å².